The van der Waals surface area contributed by atoms with Gasteiger partial charge in [-0.1, -0.05) is 0 Å². The zero-order valence-electron chi connectivity index (χ0n) is 21.9. The van der Waals surface area contributed by atoms with Gasteiger partial charge in [-0.15, -0.1) is 0 Å². The Balaban J connectivity index is 1.75. The lowest BCUT2D eigenvalue weighted by molar-refractivity contribution is 0.0713. The van der Waals surface area contributed by atoms with E-state index < -0.39 is 11.9 Å². The molecule has 1 atom stereocenters. The molecular formula is C26H36FN5O4. The van der Waals surface area contributed by atoms with E-state index in [1.807, 2.05) is 46.4 Å². The van der Waals surface area contributed by atoms with Gasteiger partial charge in [0, 0.05) is 37.1 Å². The average molecular weight is 502 g/mol. The predicted molar refractivity (Wildman–Crippen MR) is 135 cm³/mol. The molecule has 1 N–H and O–H groups in total. The number of carbonyl (C=O) groups is 2. The van der Waals surface area contributed by atoms with Crippen LogP contribution in [0.4, 0.5) is 15.0 Å². The van der Waals surface area contributed by atoms with Crippen molar-refractivity contribution in [3.05, 3.63) is 42.1 Å². The Morgan fingerprint density at radius 1 is 1.28 bits per heavy atom. The first-order chi connectivity index (χ1) is 17.0. The summed E-state index contributed by atoms with van der Waals surface area (Å²) in [4.78, 5) is 37.3. The molecule has 1 aromatic heterocycles. The van der Waals surface area contributed by atoms with Gasteiger partial charge in [0.1, 0.15) is 17.9 Å². The van der Waals surface area contributed by atoms with Gasteiger partial charge in [-0.05, 0) is 66.2 Å². The fraction of sp³-hybridized carbons (Fsp3) is 0.538. The summed E-state index contributed by atoms with van der Waals surface area (Å²) >= 11 is 0. The summed E-state index contributed by atoms with van der Waals surface area (Å²) < 4.78 is 25.6. The van der Waals surface area contributed by atoms with Crippen molar-refractivity contribution < 1.29 is 23.5 Å². The van der Waals surface area contributed by atoms with Crippen molar-refractivity contribution in [3.8, 4) is 11.5 Å². The van der Waals surface area contributed by atoms with Crippen LogP contribution in [0.3, 0.4) is 0 Å². The van der Waals surface area contributed by atoms with Crippen LogP contribution in [0.1, 0.15) is 58.3 Å². The number of hydrogen-bond acceptors (Lipinski definition) is 7. The van der Waals surface area contributed by atoms with Gasteiger partial charge in [-0.25, -0.2) is 19.2 Å². The summed E-state index contributed by atoms with van der Waals surface area (Å²) in [5.41, 5.74) is -0.228. The van der Waals surface area contributed by atoms with E-state index in [9.17, 15) is 14.0 Å². The molecule has 2 aromatic rings. The molecule has 0 bridgehead atoms. The summed E-state index contributed by atoms with van der Waals surface area (Å²) in [7, 11) is 0. The number of hydrogen-bond donors (Lipinski definition) is 1. The van der Waals surface area contributed by atoms with Crippen LogP contribution in [0, 0.1) is 11.7 Å². The van der Waals surface area contributed by atoms with Gasteiger partial charge < -0.3 is 24.6 Å². The summed E-state index contributed by atoms with van der Waals surface area (Å²) in [6.45, 7) is 13.4. The highest BCUT2D eigenvalue weighted by Gasteiger charge is 2.28. The van der Waals surface area contributed by atoms with Crippen molar-refractivity contribution in [1.82, 2.24) is 20.2 Å². The van der Waals surface area contributed by atoms with Crippen LogP contribution in [0.5, 0.6) is 11.5 Å². The number of aromatic nitrogens is 2. The monoisotopic (exact) mass is 501 g/mol. The number of ether oxygens (including phenoxy) is 2. The number of rotatable bonds is 8. The Morgan fingerprint density at radius 2 is 2.03 bits per heavy atom. The van der Waals surface area contributed by atoms with Crippen molar-refractivity contribution in [2.24, 2.45) is 5.92 Å². The van der Waals surface area contributed by atoms with Crippen LogP contribution < -0.4 is 15.0 Å². The summed E-state index contributed by atoms with van der Waals surface area (Å²) in [6, 6.07) is 3.84. The lowest BCUT2D eigenvalue weighted by Crippen LogP contribution is -2.41. The highest BCUT2D eigenvalue weighted by molar-refractivity contribution is 5.97. The van der Waals surface area contributed by atoms with Crippen LogP contribution in [-0.4, -0.2) is 64.7 Å². The zero-order chi connectivity index (χ0) is 26.5. The Bertz CT molecular complexity index is 1070. The van der Waals surface area contributed by atoms with Crippen molar-refractivity contribution in [1.29, 1.82) is 0 Å². The van der Waals surface area contributed by atoms with Crippen LogP contribution >= 0.6 is 0 Å². The molecule has 1 saturated heterocycles. The largest absolute Gasteiger partial charge is 0.451 e. The number of benzene rings is 1. The molecule has 0 saturated carbocycles. The molecule has 1 aliphatic heterocycles. The van der Waals surface area contributed by atoms with Gasteiger partial charge in [0.25, 0.3) is 5.91 Å². The van der Waals surface area contributed by atoms with Crippen molar-refractivity contribution in [2.75, 3.05) is 31.1 Å². The molecule has 1 aromatic carbocycles. The van der Waals surface area contributed by atoms with Crippen LogP contribution in [-0.2, 0) is 4.74 Å². The maximum Gasteiger partial charge on any atom is 0.407 e. The number of nitrogens with one attached hydrogen (secondary N) is 1. The molecule has 0 aliphatic carbocycles. The van der Waals surface area contributed by atoms with E-state index in [0.29, 0.717) is 37.8 Å². The number of halogens is 1. The maximum absolute atomic E-state index is 14.1. The second kappa shape index (κ2) is 11.5. The first kappa shape index (κ1) is 27.2. The molecule has 3 rings (SSSR count). The quantitative estimate of drug-likeness (QED) is 0.563. The van der Waals surface area contributed by atoms with E-state index in [4.69, 9.17) is 9.47 Å². The lowest BCUT2D eigenvalue weighted by atomic mass is 10.1. The number of anilines is 1. The molecule has 36 heavy (non-hydrogen) atoms. The molecule has 2 amide bonds. The molecule has 1 aliphatic rings. The van der Waals surface area contributed by atoms with Gasteiger partial charge in [0.15, 0.2) is 11.6 Å². The van der Waals surface area contributed by atoms with E-state index >= 15 is 0 Å². The van der Waals surface area contributed by atoms with Crippen LogP contribution in [0.15, 0.2) is 30.7 Å². The number of alkyl carbamates (subject to hydrolysis) is 1. The summed E-state index contributed by atoms with van der Waals surface area (Å²) in [5, 5.41) is 2.79. The first-order valence-corrected chi connectivity index (χ1v) is 12.3. The average Bonchev–Trinajstić information content (AvgIpc) is 3.27. The van der Waals surface area contributed by atoms with E-state index in [-0.39, 0.29) is 34.7 Å². The summed E-state index contributed by atoms with van der Waals surface area (Å²) in [6.07, 6.45) is 3.33. The SMILES string of the molecule is CCN(C(=O)c1cc(F)ccc1Oc1cncnc1N1CC[C@@H](COC(=O)NC(C)(C)C)C1)C(C)C. The van der Waals surface area contributed by atoms with Crippen molar-refractivity contribution in [3.63, 3.8) is 0 Å². The third kappa shape index (κ3) is 7.05. The van der Waals surface area contributed by atoms with E-state index in [0.717, 1.165) is 6.42 Å². The summed E-state index contributed by atoms with van der Waals surface area (Å²) in [5.74, 6) is 0.448. The molecule has 0 spiro atoms. The molecule has 196 valence electrons. The molecule has 9 nitrogen and oxygen atoms in total. The van der Waals surface area contributed by atoms with Gasteiger partial charge in [0.05, 0.1) is 18.4 Å². The molecular weight excluding hydrogens is 465 g/mol. The van der Waals surface area contributed by atoms with Crippen molar-refractivity contribution >= 4 is 17.8 Å². The fourth-order valence-corrected chi connectivity index (χ4v) is 4.09. The Hall–Kier alpha value is -3.43. The van der Waals surface area contributed by atoms with Gasteiger partial charge in [-0.3, -0.25) is 4.79 Å². The molecule has 0 unspecified atom stereocenters. The number of carbonyl (C=O) groups excluding carboxylic acids is 2. The standard InChI is InChI=1S/C26H36FN5O4/c1-7-32(17(2)3)24(33)20-12-19(27)8-9-21(20)36-22-13-28-16-29-23(22)31-11-10-18(14-31)15-35-25(34)30-26(4,5)6/h8-9,12-13,16-18H,7,10-11,14-15H2,1-6H3,(H,30,34)/t18-/m1/s1. The van der Waals surface area contributed by atoms with E-state index in [1.54, 1.807) is 4.90 Å². The molecule has 10 heteroatoms. The lowest BCUT2D eigenvalue weighted by Gasteiger charge is -2.26. The van der Waals surface area contributed by atoms with Gasteiger partial charge in [-0.2, -0.15) is 0 Å². The van der Waals surface area contributed by atoms with Crippen molar-refractivity contribution in [2.45, 2.75) is 59.5 Å². The molecule has 1 fully saturated rings. The normalized spacial score (nSPS) is 15.7. The predicted octanol–water partition coefficient (Wildman–Crippen LogP) is 4.63. The Morgan fingerprint density at radius 3 is 2.69 bits per heavy atom. The third-order valence-electron chi connectivity index (χ3n) is 5.79. The van der Waals surface area contributed by atoms with E-state index in [1.165, 1.54) is 30.7 Å². The minimum Gasteiger partial charge on any atom is -0.451 e. The highest BCUT2D eigenvalue weighted by Crippen LogP contribution is 2.35. The smallest absolute Gasteiger partial charge is 0.407 e. The first-order valence-electron chi connectivity index (χ1n) is 12.3. The second-order valence-electron chi connectivity index (χ2n) is 10.2. The molecule has 2 heterocycles. The highest BCUT2D eigenvalue weighted by atomic mass is 19.1. The Kier molecular flexibility index (Phi) is 8.70. The van der Waals surface area contributed by atoms with Gasteiger partial charge >= 0.3 is 6.09 Å². The van der Waals surface area contributed by atoms with Gasteiger partial charge in [0.2, 0.25) is 0 Å². The number of amides is 2. The van der Waals surface area contributed by atoms with Crippen LogP contribution in [0.2, 0.25) is 0 Å². The molecule has 0 radical (unpaired) electrons. The van der Waals surface area contributed by atoms with E-state index in [2.05, 4.69) is 15.3 Å². The number of nitrogens with zero attached hydrogens (tertiary/aromatic N) is 4. The maximum atomic E-state index is 14.1. The Labute approximate surface area is 212 Å². The third-order valence-corrected chi connectivity index (χ3v) is 5.79. The van der Waals surface area contributed by atoms with Crippen LogP contribution in [0.25, 0.3) is 0 Å². The zero-order valence-corrected chi connectivity index (χ0v) is 21.9. The minimum atomic E-state index is -0.520. The second-order valence-corrected chi connectivity index (χ2v) is 10.2. The minimum absolute atomic E-state index is 0.0523. The fourth-order valence-electron chi connectivity index (χ4n) is 4.09. The topological polar surface area (TPSA) is 96.9 Å².